The average molecular weight is 314 g/mol. The van der Waals surface area contributed by atoms with Crippen molar-refractivity contribution in [1.29, 1.82) is 0 Å². The van der Waals surface area contributed by atoms with Gasteiger partial charge < -0.3 is 10.4 Å². The van der Waals surface area contributed by atoms with Crippen molar-refractivity contribution in [2.45, 2.75) is 32.2 Å². The standard InChI is InChI=1S/C13H16BrNO3/c1-2-3-11(13(17)18)15-12(16)8-9-4-6-10(14)7-5-9/h4-7,11H,2-3,8H2,1H3,(H,15,16)(H,17,18)/t11-/m1/s1. The fourth-order valence-electron chi connectivity index (χ4n) is 1.58. The Labute approximate surface area is 115 Å². The molecule has 2 N–H and O–H groups in total. The molecule has 5 heteroatoms. The van der Waals surface area contributed by atoms with Gasteiger partial charge in [-0.25, -0.2) is 4.79 Å². The molecule has 0 heterocycles. The summed E-state index contributed by atoms with van der Waals surface area (Å²) in [5.74, 6) is -1.25. The summed E-state index contributed by atoms with van der Waals surface area (Å²) in [5.41, 5.74) is 0.858. The number of carbonyl (C=O) groups is 2. The topological polar surface area (TPSA) is 66.4 Å². The van der Waals surface area contributed by atoms with Crippen molar-refractivity contribution in [2.24, 2.45) is 0 Å². The van der Waals surface area contributed by atoms with Crippen LogP contribution in [0.1, 0.15) is 25.3 Å². The van der Waals surface area contributed by atoms with Crippen molar-refractivity contribution in [3.05, 3.63) is 34.3 Å². The molecular formula is C13H16BrNO3. The predicted octanol–water partition coefficient (Wildman–Crippen LogP) is 2.36. The molecule has 0 saturated heterocycles. The molecule has 98 valence electrons. The lowest BCUT2D eigenvalue weighted by atomic mass is 10.1. The predicted molar refractivity (Wildman–Crippen MR) is 72.3 cm³/mol. The van der Waals surface area contributed by atoms with Crippen molar-refractivity contribution >= 4 is 27.8 Å². The second kappa shape index (κ2) is 7.16. The van der Waals surface area contributed by atoms with Gasteiger partial charge in [0.15, 0.2) is 0 Å². The van der Waals surface area contributed by atoms with Crippen LogP contribution in [0.5, 0.6) is 0 Å². The van der Waals surface area contributed by atoms with E-state index in [4.69, 9.17) is 5.11 Å². The van der Waals surface area contributed by atoms with E-state index < -0.39 is 12.0 Å². The van der Waals surface area contributed by atoms with Crippen LogP contribution in [0.15, 0.2) is 28.7 Å². The van der Waals surface area contributed by atoms with Gasteiger partial charge >= 0.3 is 5.97 Å². The lowest BCUT2D eigenvalue weighted by molar-refractivity contribution is -0.141. The Morgan fingerprint density at radius 3 is 2.44 bits per heavy atom. The molecule has 0 radical (unpaired) electrons. The Balaban J connectivity index is 2.54. The molecule has 1 aromatic rings. The molecule has 1 amide bonds. The van der Waals surface area contributed by atoms with E-state index in [-0.39, 0.29) is 12.3 Å². The van der Waals surface area contributed by atoms with Crippen LogP contribution in [0.25, 0.3) is 0 Å². The number of benzene rings is 1. The molecule has 0 aliphatic heterocycles. The molecule has 0 saturated carbocycles. The molecule has 0 unspecified atom stereocenters. The highest BCUT2D eigenvalue weighted by molar-refractivity contribution is 9.10. The van der Waals surface area contributed by atoms with E-state index in [1.807, 2.05) is 31.2 Å². The zero-order valence-electron chi connectivity index (χ0n) is 10.1. The summed E-state index contributed by atoms with van der Waals surface area (Å²) in [6, 6.07) is 6.57. The van der Waals surface area contributed by atoms with Gasteiger partial charge in [0.1, 0.15) is 6.04 Å². The number of aliphatic carboxylic acids is 1. The van der Waals surface area contributed by atoms with Gasteiger partial charge in [0.25, 0.3) is 0 Å². The number of hydrogen-bond acceptors (Lipinski definition) is 2. The zero-order chi connectivity index (χ0) is 13.5. The van der Waals surface area contributed by atoms with E-state index >= 15 is 0 Å². The molecule has 1 atom stereocenters. The summed E-state index contributed by atoms with van der Waals surface area (Å²) < 4.78 is 0.945. The van der Waals surface area contributed by atoms with E-state index in [0.29, 0.717) is 6.42 Å². The number of carboxylic acids is 1. The fraction of sp³-hybridized carbons (Fsp3) is 0.385. The van der Waals surface area contributed by atoms with E-state index in [9.17, 15) is 9.59 Å². The van der Waals surface area contributed by atoms with Crippen LogP contribution >= 0.6 is 15.9 Å². The van der Waals surface area contributed by atoms with Gasteiger partial charge in [-0.05, 0) is 24.1 Å². The number of carboxylic acid groups (broad SMARTS) is 1. The largest absolute Gasteiger partial charge is 0.480 e. The molecule has 0 spiro atoms. The molecule has 0 bridgehead atoms. The van der Waals surface area contributed by atoms with Crippen LogP contribution in [0.3, 0.4) is 0 Å². The van der Waals surface area contributed by atoms with E-state index in [1.54, 1.807) is 0 Å². The van der Waals surface area contributed by atoms with Crippen molar-refractivity contribution < 1.29 is 14.7 Å². The molecule has 1 rings (SSSR count). The minimum absolute atomic E-state index is 0.195. The van der Waals surface area contributed by atoms with Crippen LogP contribution in [0.2, 0.25) is 0 Å². The van der Waals surface area contributed by atoms with Crippen LogP contribution in [0.4, 0.5) is 0 Å². The van der Waals surface area contributed by atoms with Crippen molar-refractivity contribution in [2.75, 3.05) is 0 Å². The lowest BCUT2D eigenvalue weighted by Crippen LogP contribution is -2.41. The smallest absolute Gasteiger partial charge is 0.326 e. The normalized spacial score (nSPS) is 11.9. The first kappa shape index (κ1) is 14.7. The maximum absolute atomic E-state index is 11.7. The maximum atomic E-state index is 11.7. The first-order valence-electron chi connectivity index (χ1n) is 5.79. The summed E-state index contributed by atoms with van der Waals surface area (Å²) in [6.07, 6.45) is 1.36. The molecule has 18 heavy (non-hydrogen) atoms. The third kappa shape index (κ3) is 4.87. The molecule has 1 aromatic carbocycles. The van der Waals surface area contributed by atoms with Gasteiger partial charge in [-0.3, -0.25) is 4.79 Å². The van der Waals surface area contributed by atoms with Gasteiger partial charge in [-0.15, -0.1) is 0 Å². The van der Waals surface area contributed by atoms with Crippen molar-refractivity contribution in [3.63, 3.8) is 0 Å². The third-order valence-corrected chi connectivity index (χ3v) is 3.02. The van der Waals surface area contributed by atoms with Gasteiger partial charge in [-0.1, -0.05) is 41.4 Å². The van der Waals surface area contributed by atoms with Crippen LogP contribution in [-0.4, -0.2) is 23.0 Å². The van der Waals surface area contributed by atoms with Crippen molar-refractivity contribution in [3.8, 4) is 0 Å². The number of amides is 1. The first-order chi connectivity index (χ1) is 8.52. The highest BCUT2D eigenvalue weighted by Crippen LogP contribution is 2.11. The minimum atomic E-state index is -0.985. The van der Waals surface area contributed by atoms with Gasteiger partial charge in [-0.2, -0.15) is 0 Å². The summed E-state index contributed by atoms with van der Waals surface area (Å²) in [5, 5.41) is 11.5. The number of hydrogen-bond donors (Lipinski definition) is 2. The van der Waals surface area contributed by atoms with Crippen LogP contribution in [-0.2, 0) is 16.0 Å². The Bertz CT molecular complexity index is 417. The Morgan fingerprint density at radius 2 is 1.94 bits per heavy atom. The van der Waals surface area contributed by atoms with Gasteiger partial charge in [0.05, 0.1) is 6.42 Å². The third-order valence-electron chi connectivity index (χ3n) is 2.49. The minimum Gasteiger partial charge on any atom is -0.480 e. The van der Waals surface area contributed by atoms with Crippen LogP contribution < -0.4 is 5.32 Å². The molecule has 0 fully saturated rings. The lowest BCUT2D eigenvalue weighted by Gasteiger charge is -2.13. The Morgan fingerprint density at radius 1 is 1.33 bits per heavy atom. The monoisotopic (exact) mass is 313 g/mol. The number of carbonyl (C=O) groups excluding carboxylic acids is 1. The van der Waals surface area contributed by atoms with Crippen LogP contribution in [0, 0.1) is 0 Å². The number of nitrogens with one attached hydrogen (secondary N) is 1. The van der Waals surface area contributed by atoms with Gasteiger partial charge in [0, 0.05) is 4.47 Å². The second-order valence-electron chi connectivity index (χ2n) is 4.05. The zero-order valence-corrected chi connectivity index (χ0v) is 11.7. The summed E-state index contributed by atoms with van der Waals surface area (Å²) in [4.78, 5) is 22.6. The van der Waals surface area contributed by atoms with Crippen molar-refractivity contribution in [1.82, 2.24) is 5.32 Å². The van der Waals surface area contributed by atoms with E-state index in [0.717, 1.165) is 16.5 Å². The Hall–Kier alpha value is -1.36. The fourth-order valence-corrected chi connectivity index (χ4v) is 1.84. The highest BCUT2D eigenvalue weighted by atomic mass is 79.9. The van der Waals surface area contributed by atoms with E-state index in [1.165, 1.54) is 0 Å². The Kier molecular flexibility index (Phi) is 5.85. The number of rotatable bonds is 6. The molecule has 0 aliphatic carbocycles. The second-order valence-corrected chi connectivity index (χ2v) is 4.97. The van der Waals surface area contributed by atoms with E-state index in [2.05, 4.69) is 21.2 Å². The van der Waals surface area contributed by atoms with Gasteiger partial charge in [0.2, 0.25) is 5.91 Å². The number of halogens is 1. The summed E-state index contributed by atoms with van der Waals surface area (Å²) in [7, 11) is 0. The molecule has 0 aromatic heterocycles. The SMILES string of the molecule is CCC[C@@H](NC(=O)Cc1ccc(Br)cc1)C(=O)O. The maximum Gasteiger partial charge on any atom is 0.326 e. The quantitative estimate of drug-likeness (QED) is 0.847. The molecular weight excluding hydrogens is 298 g/mol. The molecule has 0 aliphatic rings. The summed E-state index contributed by atoms with van der Waals surface area (Å²) >= 11 is 3.31. The molecule has 4 nitrogen and oxygen atoms in total. The first-order valence-corrected chi connectivity index (χ1v) is 6.59. The average Bonchev–Trinajstić information content (AvgIpc) is 2.31. The summed E-state index contributed by atoms with van der Waals surface area (Å²) in [6.45, 7) is 1.89. The highest BCUT2D eigenvalue weighted by Gasteiger charge is 2.18.